The molecule has 0 unspecified atom stereocenters. The number of carbonyl (C=O) groups excluding carboxylic acids is 1. The van der Waals surface area contributed by atoms with Gasteiger partial charge in [0, 0.05) is 18.0 Å². The van der Waals surface area contributed by atoms with Crippen LogP contribution in [0.3, 0.4) is 0 Å². The molecule has 6 heteroatoms. The zero-order valence-electron chi connectivity index (χ0n) is 14.3. The number of rotatable bonds is 6. The second-order valence-corrected chi connectivity index (χ2v) is 6.23. The summed E-state index contributed by atoms with van der Waals surface area (Å²) in [6.07, 6.45) is 1.63. The Balaban J connectivity index is 1.58. The lowest BCUT2D eigenvalue weighted by Crippen LogP contribution is -2.25. The number of hydrogen-bond acceptors (Lipinski definition) is 3. The molecule has 0 saturated carbocycles. The number of aromatic nitrogens is 1. The average molecular weight is 373 g/mol. The summed E-state index contributed by atoms with van der Waals surface area (Å²) in [5, 5.41) is 3.58. The summed E-state index contributed by atoms with van der Waals surface area (Å²) in [4.78, 5) is 16.4. The van der Waals surface area contributed by atoms with E-state index in [1.165, 1.54) is 17.7 Å². The van der Waals surface area contributed by atoms with Crippen LogP contribution in [-0.4, -0.2) is 24.5 Å². The highest BCUT2D eigenvalue weighted by atomic mass is 35.5. The quantitative estimate of drug-likeness (QED) is 0.515. The molecule has 26 heavy (non-hydrogen) atoms. The molecule has 0 saturated heterocycles. The summed E-state index contributed by atoms with van der Waals surface area (Å²) in [6.45, 7) is 0.517. The van der Waals surface area contributed by atoms with E-state index >= 15 is 0 Å². The second-order valence-electron chi connectivity index (χ2n) is 5.87. The molecule has 1 amide bonds. The molecule has 3 aromatic rings. The molecule has 0 radical (unpaired) electrons. The highest BCUT2D eigenvalue weighted by Gasteiger charge is 2.13. The fraction of sp³-hybridized carbons (Fsp3) is 0.200. The van der Waals surface area contributed by atoms with E-state index in [-0.39, 0.29) is 16.6 Å². The van der Waals surface area contributed by atoms with Crippen molar-refractivity contribution in [2.24, 2.45) is 0 Å². The van der Waals surface area contributed by atoms with Crippen LogP contribution in [0.2, 0.25) is 5.15 Å². The van der Waals surface area contributed by atoms with Crippen molar-refractivity contribution >= 4 is 28.4 Å². The van der Waals surface area contributed by atoms with Gasteiger partial charge in [-0.15, -0.1) is 0 Å². The molecule has 0 aliphatic rings. The Kier molecular flexibility index (Phi) is 5.68. The van der Waals surface area contributed by atoms with E-state index in [1.807, 2.05) is 24.3 Å². The van der Waals surface area contributed by atoms with Crippen molar-refractivity contribution in [3.05, 3.63) is 70.6 Å². The first kappa shape index (κ1) is 18.1. The topological polar surface area (TPSA) is 51.2 Å². The fourth-order valence-electron chi connectivity index (χ4n) is 2.66. The van der Waals surface area contributed by atoms with Crippen LogP contribution in [0.1, 0.15) is 22.3 Å². The van der Waals surface area contributed by atoms with Crippen LogP contribution in [0, 0.1) is 5.82 Å². The smallest absolute Gasteiger partial charge is 0.254 e. The maximum absolute atomic E-state index is 13.2. The van der Waals surface area contributed by atoms with E-state index in [1.54, 1.807) is 19.2 Å². The Hall–Kier alpha value is -2.66. The Labute approximate surface area is 156 Å². The van der Waals surface area contributed by atoms with Crippen molar-refractivity contribution in [1.82, 2.24) is 10.3 Å². The molecule has 4 nitrogen and oxygen atoms in total. The molecule has 0 aliphatic carbocycles. The van der Waals surface area contributed by atoms with Crippen LogP contribution >= 0.6 is 11.6 Å². The van der Waals surface area contributed by atoms with Gasteiger partial charge >= 0.3 is 0 Å². The van der Waals surface area contributed by atoms with Crippen LogP contribution < -0.4 is 10.1 Å². The minimum absolute atomic E-state index is 0.0655. The molecule has 1 N–H and O–H groups in total. The summed E-state index contributed by atoms with van der Waals surface area (Å²) in [6, 6.07) is 13.7. The second kappa shape index (κ2) is 8.15. The summed E-state index contributed by atoms with van der Waals surface area (Å²) >= 11 is 6.08. The first-order valence-corrected chi connectivity index (χ1v) is 8.61. The minimum atomic E-state index is -0.392. The average Bonchev–Trinajstić information content (AvgIpc) is 2.65. The van der Waals surface area contributed by atoms with Crippen molar-refractivity contribution in [1.29, 1.82) is 0 Å². The number of nitrogens with zero attached hydrogens (tertiary/aromatic N) is 1. The number of nitrogens with one attached hydrogen (secondary N) is 1. The molecule has 2 aromatic carbocycles. The molecule has 0 aliphatic heterocycles. The number of pyridine rings is 1. The molecular formula is C20H18ClFN2O2. The van der Waals surface area contributed by atoms with Crippen molar-refractivity contribution in [3.63, 3.8) is 0 Å². The van der Waals surface area contributed by atoms with Gasteiger partial charge in [-0.05, 0) is 48.7 Å². The highest BCUT2D eigenvalue weighted by molar-refractivity contribution is 6.33. The minimum Gasteiger partial charge on any atom is -0.497 e. The first-order valence-electron chi connectivity index (χ1n) is 8.24. The van der Waals surface area contributed by atoms with Crippen LogP contribution in [0.4, 0.5) is 4.39 Å². The third kappa shape index (κ3) is 4.29. The van der Waals surface area contributed by atoms with Gasteiger partial charge in [0.15, 0.2) is 0 Å². The number of methoxy groups -OCH3 is 1. The zero-order valence-corrected chi connectivity index (χ0v) is 15.0. The molecule has 0 fully saturated rings. The Morgan fingerprint density at radius 3 is 2.69 bits per heavy atom. The number of amides is 1. The number of fused-ring (bicyclic) bond motifs is 1. The summed E-state index contributed by atoms with van der Waals surface area (Å²) in [7, 11) is 1.63. The Bertz CT molecular complexity index is 929. The first-order chi connectivity index (χ1) is 12.6. The van der Waals surface area contributed by atoms with E-state index in [0.717, 1.165) is 18.6 Å². The lowest BCUT2D eigenvalue weighted by Gasteiger charge is -2.08. The zero-order chi connectivity index (χ0) is 18.5. The maximum Gasteiger partial charge on any atom is 0.254 e. The molecule has 3 rings (SSSR count). The van der Waals surface area contributed by atoms with Crippen LogP contribution in [0.15, 0.2) is 48.5 Å². The molecule has 0 bridgehead atoms. The predicted molar refractivity (Wildman–Crippen MR) is 100 cm³/mol. The number of halogens is 2. The van der Waals surface area contributed by atoms with E-state index in [9.17, 15) is 9.18 Å². The number of ether oxygens (including phenoxy) is 1. The fourth-order valence-corrected chi connectivity index (χ4v) is 2.89. The van der Waals surface area contributed by atoms with Gasteiger partial charge in [-0.2, -0.15) is 0 Å². The standard InChI is InChI=1S/C20H18ClFN2O2/c1-26-16-8-4-13(5-9-16)3-2-10-23-20(25)17-11-14-6-7-15(22)12-18(14)24-19(17)21/h4-9,11-12H,2-3,10H2,1H3,(H,23,25). The normalized spacial score (nSPS) is 10.7. The predicted octanol–water partition coefficient (Wildman–Crippen LogP) is 4.40. The van der Waals surface area contributed by atoms with E-state index in [0.29, 0.717) is 17.4 Å². The van der Waals surface area contributed by atoms with Crippen molar-refractivity contribution in [3.8, 4) is 5.75 Å². The van der Waals surface area contributed by atoms with Crippen LogP contribution in [0.25, 0.3) is 10.9 Å². The Morgan fingerprint density at radius 1 is 1.19 bits per heavy atom. The van der Waals surface area contributed by atoms with Gasteiger partial charge < -0.3 is 10.1 Å². The van der Waals surface area contributed by atoms with Gasteiger partial charge in [-0.3, -0.25) is 4.79 Å². The van der Waals surface area contributed by atoms with Crippen molar-refractivity contribution in [2.75, 3.05) is 13.7 Å². The number of hydrogen-bond donors (Lipinski definition) is 1. The van der Waals surface area contributed by atoms with Crippen LogP contribution in [-0.2, 0) is 6.42 Å². The summed E-state index contributed by atoms with van der Waals surface area (Å²) in [5.74, 6) is 0.139. The van der Waals surface area contributed by atoms with E-state index in [2.05, 4.69) is 10.3 Å². The number of carbonyl (C=O) groups is 1. The van der Waals surface area contributed by atoms with Gasteiger partial charge in [-0.25, -0.2) is 9.37 Å². The summed E-state index contributed by atoms with van der Waals surface area (Å²) < 4.78 is 18.4. The van der Waals surface area contributed by atoms with Gasteiger partial charge in [0.2, 0.25) is 0 Å². The Morgan fingerprint density at radius 2 is 1.96 bits per heavy atom. The largest absolute Gasteiger partial charge is 0.497 e. The van der Waals surface area contributed by atoms with E-state index in [4.69, 9.17) is 16.3 Å². The molecule has 1 aromatic heterocycles. The SMILES string of the molecule is COc1ccc(CCCNC(=O)c2cc3ccc(F)cc3nc2Cl)cc1. The van der Waals surface area contributed by atoms with Crippen LogP contribution in [0.5, 0.6) is 5.75 Å². The molecule has 0 atom stereocenters. The molecule has 134 valence electrons. The lowest BCUT2D eigenvalue weighted by atomic mass is 10.1. The molecule has 0 spiro atoms. The molecule has 1 heterocycles. The van der Waals surface area contributed by atoms with Gasteiger partial charge in [0.1, 0.15) is 16.7 Å². The lowest BCUT2D eigenvalue weighted by molar-refractivity contribution is 0.0953. The number of aryl methyl sites for hydroxylation is 1. The van der Waals surface area contributed by atoms with Crippen molar-refractivity contribution in [2.45, 2.75) is 12.8 Å². The maximum atomic E-state index is 13.2. The van der Waals surface area contributed by atoms with Gasteiger partial charge in [0.25, 0.3) is 5.91 Å². The van der Waals surface area contributed by atoms with Crippen molar-refractivity contribution < 1.29 is 13.9 Å². The van der Waals surface area contributed by atoms with Gasteiger partial charge in [-0.1, -0.05) is 23.7 Å². The molecular weight excluding hydrogens is 355 g/mol. The van der Waals surface area contributed by atoms with Gasteiger partial charge in [0.05, 0.1) is 18.2 Å². The monoisotopic (exact) mass is 372 g/mol. The highest BCUT2D eigenvalue weighted by Crippen LogP contribution is 2.21. The number of benzene rings is 2. The van der Waals surface area contributed by atoms with E-state index < -0.39 is 5.82 Å². The summed E-state index contributed by atoms with van der Waals surface area (Å²) in [5.41, 5.74) is 1.88. The third-order valence-corrected chi connectivity index (χ3v) is 4.35. The third-order valence-electron chi connectivity index (χ3n) is 4.06.